The molecule has 22 heavy (non-hydrogen) atoms. The molecule has 3 N–H and O–H groups in total. The monoisotopic (exact) mass is 314 g/mol. The van der Waals surface area contributed by atoms with E-state index in [1.807, 2.05) is 0 Å². The van der Waals surface area contributed by atoms with Crippen molar-refractivity contribution >= 4 is 22.8 Å². The smallest absolute Gasteiger partial charge is 0.368 e. The van der Waals surface area contributed by atoms with Gasteiger partial charge >= 0.3 is 6.18 Å². The quantitative estimate of drug-likeness (QED) is 0.883. The van der Waals surface area contributed by atoms with Crippen LogP contribution in [-0.4, -0.2) is 27.4 Å². The molecule has 6 nitrogen and oxygen atoms in total. The van der Waals surface area contributed by atoms with E-state index >= 15 is 0 Å². The van der Waals surface area contributed by atoms with Crippen molar-refractivity contribution in [3.63, 3.8) is 0 Å². The number of halogens is 3. The molecular weight excluding hydrogens is 301 g/mol. The van der Waals surface area contributed by atoms with Crippen molar-refractivity contribution in [1.29, 1.82) is 0 Å². The van der Waals surface area contributed by atoms with Gasteiger partial charge in [-0.2, -0.15) is 13.2 Å². The fraction of sp³-hybridized carbons (Fsp3) is 0.308. The van der Waals surface area contributed by atoms with Crippen molar-refractivity contribution in [2.24, 2.45) is 5.73 Å². The summed E-state index contributed by atoms with van der Waals surface area (Å²) in [5, 5.41) is 2.23. The van der Waals surface area contributed by atoms with Crippen molar-refractivity contribution in [3.05, 3.63) is 30.1 Å². The van der Waals surface area contributed by atoms with E-state index in [-0.39, 0.29) is 11.0 Å². The molecule has 0 aliphatic carbocycles. The zero-order chi connectivity index (χ0) is 16.5. The zero-order valence-electron chi connectivity index (χ0n) is 11.5. The van der Waals surface area contributed by atoms with Crippen LogP contribution >= 0.6 is 0 Å². The molecule has 2 amide bonds. The number of primary amides is 1. The number of hydrogen-bond acceptors (Lipinski definition) is 3. The summed E-state index contributed by atoms with van der Waals surface area (Å²) in [5.74, 6) is -2.71. The highest BCUT2D eigenvalue weighted by Gasteiger charge is 2.38. The summed E-state index contributed by atoms with van der Waals surface area (Å²) in [6.45, 7) is 0.726. The maximum Gasteiger partial charge on any atom is 0.449 e. The number of nitrogens with two attached hydrogens (primary N) is 1. The maximum atomic E-state index is 13.0. The average molecular weight is 314 g/mol. The van der Waals surface area contributed by atoms with E-state index in [1.54, 1.807) is 12.1 Å². The standard InChI is InChI=1S/C13H13F3N4O2/c1-7(11(17)22)18-10(21)6-20-9-5-3-2-4-8(9)19-12(20)13(14,15)16/h2-5,7H,6H2,1H3,(H2,17,22)(H,18,21). The lowest BCUT2D eigenvalue weighted by atomic mass is 10.3. The molecular formula is C13H13F3N4O2. The molecule has 0 spiro atoms. The molecule has 1 heterocycles. The molecule has 0 saturated carbocycles. The number of para-hydroxylation sites is 2. The van der Waals surface area contributed by atoms with Crippen LogP contribution in [0.25, 0.3) is 11.0 Å². The van der Waals surface area contributed by atoms with Gasteiger partial charge in [-0.05, 0) is 19.1 Å². The largest absolute Gasteiger partial charge is 0.449 e. The summed E-state index contributed by atoms with van der Waals surface area (Å²) in [6.07, 6.45) is -4.70. The lowest BCUT2D eigenvalue weighted by Crippen LogP contribution is -2.43. The number of rotatable bonds is 4. The van der Waals surface area contributed by atoms with Crippen LogP contribution in [0.15, 0.2) is 24.3 Å². The highest BCUT2D eigenvalue weighted by molar-refractivity contribution is 5.87. The fourth-order valence-electron chi connectivity index (χ4n) is 1.95. The SMILES string of the molecule is CC(NC(=O)Cn1c(C(F)(F)F)nc2ccccc21)C(N)=O. The van der Waals surface area contributed by atoms with Gasteiger partial charge in [0.05, 0.1) is 11.0 Å². The number of aromatic nitrogens is 2. The first-order valence-electron chi connectivity index (χ1n) is 6.31. The van der Waals surface area contributed by atoms with Gasteiger partial charge in [0.15, 0.2) is 0 Å². The van der Waals surface area contributed by atoms with Crippen LogP contribution in [0.4, 0.5) is 13.2 Å². The van der Waals surface area contributed by atoms with Gasteiger partial charge in [0.1, 0.15) is 12.6 Å². The van der Waals surface area contributed by atoms with E-state index in [1.165, 1.54) is 19.1 Å². The first-order valence-corrected chi connectivity index (χ1v) is 6.31. The Kier molecular flexibility index (Phi) is 4.07. The molecule has 9 heteroatoms. The van der Waals surface area contributed by atoms with Crippen molar-refractivity contribution in [2.75, 3.05) is 0 Å². The predicted octanol–water partition coefficient (Wildman–Crippen LogP) is 1.05. The topological polar surface area (TPSA) is 90.0 Å². The molecule has 0 saturated heterocycles. The van der Waals surface area contributed by atoms with E-state index < -0.39 is 36.4 Å². The summed E-state index contributed by atoms with van der Waals surface area (Å²) in [6, 6.07) is 4.98. The number of nitrogens with zero attached hydrogens (tertiary/aromatic N) is 2. The first-order chi connectivity index (χ1) is 10.2. The van der Waals surface area contributed by atoms with Gasteiger partial charge in [-0.3, -0.25) is 9.59 Å². The van der Waals surface area contributed by atoms with E-state index in [4.69, 9.17) is 5.73 Å². The minimum Gasteiger partial charge on any atom is -0.368 e. The molecule has 2 aromatic rings. The van der Waals surface area contributed by atoms with Crippen LogP contribution in [-0.2, 0) is 22.3 Å². The normalized spacial score (nSPS) is 13.1. The Morgan fingerprint density at radius 1 is 1.36 bits per heavy atom. The molecule has 118 valence electrons. The molecule has 0 fully saturated rings. The molecule has 0 radical (unpaired) electrons. The molecule has 2 rings (SSSR count). The maximum absolute atomic E-state index is 13.0. The Hall–Kier alpha value is -2.58. The molecule has 0 bridgehead atoms. The Balaban J connectivity index is 2.37. The third-order valence-electron chi connectivity index (χ3n) is 3.01. The van der Waals surface area contributed by atoms with Crippen LogP contribution in [0.2, 0.25) is 0 Å². The number of carbonyl (C=O) groups excluding carboxylic acids is 2. The second-order valence-corrected chi connectivity index (χ2v) is 4.70. The van der Waals surface area contributed by atoms with Gasteiger partial charge in [0.25, 0.3) is 0 Å². The van der Waals surface area contributed by atoms with Crippen molar-refractivity contribution in [2.45, 2.75) is 25.7 Å². The van der Waals surface area contributed by atoms with Crippen molar-refractivity contribution in [1.82, 2.24) is 14.9 Å². The van der Waals surface area contributed by atoms with Crippen LogP contribution < -0.4 is 11.1 Å². The van der Waals surface area contributed by atoms with E-state index in [0.717, 1.165) is 4.57 Å². The molecule has 0 aliphatic rings. The highest BCUT2D eigenvalue weighted by atomic mass is 19.4. The number of amides is 2. The second-order valence-electron chi connectivity index (χ2n) is 4.70. The minimum atomic E-state index is -4.70. The number of imidazole rings is 1. The van der Waals surface area contributed by atoms with Gasteiger partial charge in [0, 0.05) is 0 Å². The van der Waals surface area contributed by atoms with Gasteiger partial charge in [-0.1, -0.05) is 12.1 Å². The number of fused-ring (bicyclic) bond motifs is 1. The molecule has 1 aromatic heterocycles. The Morgan fingerprint density at radius 3 is 2.59 bits per heavy atom. The molecule has 1 aromatic carbocycles. The van der Waals surface area contributed by atoms with Crippen LogP contribution in [0.3, 0.4) is 0 Å². The zero-order valence-corrected chi connectivity index (χ0v) is 11.5. The van der Waals surface area contributed by atoms with E-state index in [2.05, 4.69) is 10.3 Å². The van der Waals surface area contributed by atoms with Crippen molar-refractivity contribution in [3.8, 4) is 0 Å². The van der Waals surface area contributed by atoms with Gasteiger partial charge in [0.2, 0.25) is 17.6 Å². The minimum absolute atomic E-state index is 0.130. The molecule has 1 atom stereocenters. The lowest BCUT2D eigenvalue weighted by molar-refractivity contribution is -0.147. The van der Waals surface area contributed by atoms with E-state index in [0.29, 0.717) is 0 Å². The number of carbonyl (C=O) groups is 2. The summed E-state index contributed by atoms with van der Waals surface area (Å²) in [4.78, 5) is 26.2. The van der Waals surface area contributed by atoms with Crippen molar-refractivity contribution < 1.29 is 22.8 Å². The third-order valence-corrected chi connectivity index (χ3v) is 3.01. The summed E-state index contributed by atoms with van der Waals surface area (Å²) in [5.41, 5.74) is 5.30. The Bertz CT molecular complexity index is 724. The average Bonchev–Trinajstić information content (AvgIpc) is 2.77. The lowest BCUT2D eigenvalue weighted by Gasteiger charge is -2.13. The fourth-order valence-corrected chi connectivity index (χ4v) is 1.95. The van der Waals surface area contributed by atoms with Crippen LogP contribution in [0, 0.1) is 0 Å². The first kappa shape index (κ1) is 15.8. The summed E-state index contributed by atoms with van der Waals surface area (Å²) >= 11 is 0. The Labute approximate surface area is 123 Å². The molecule has 1 unspecified atom stereocenters. The summed E-state index contributed by atoms with van der Waals surface area (Å²) in [7, 11) is 0. The van der Waals surface area contributed by atoms with E-state index in [9.17, 15) is 22.8 Å². The number of nitrogens with one attached hydrogen (secondary N) is 1. The molecule has 0 aliphatic heterocycles. The van der Waals surface area contributed by atoms with Gasteiger partial charge in [-0.25, -0.2) is 4.98 Å². The summed E-state index contributed by atoms with van der Waals surface area (Å²) < 4.78 is 39.9. The van der Waals surface area contributed by atoms with Crippen LogP contribution in [0.5, 0.6) is 0 Å². The van der Waals surface area contributed by atoms with Gasteiger partial charge in [-0.15, -0.1) is 0 Å². The highest BCUT2D eigenvalue weighted by Crippen LogP contribution is 2.31. The number of hydrogen-bond donors (Lipinski definition) is 2. The Morgan fingerprint density at radius 2 is 2.00 bits per heavy atom. The third kappa shape index (κ3) is 3.18. The van der Waals surface area contributed by atoms with Crippen LogP contribution in [0.1, 0.15) is 12.7 Å². The number of benzene rings is 1. The predicted molar refractivity (Wildman–Crippen MR) is 71.5 cm³/mol. The van der Waals surface area contributed by atoms with Gasteiger partial charge < -0.3 is 15.6 Å². The number of alkyl halides is 3. The second kappa shape index (κ2) is 5.66.